The molecule has 7 nitrogen and oxygen atoms in total. The van der Waals surface area contributed by atoms with Gasteiger partial charge in [-0.3, -0.25) is 19.3 Å². The van der Waals surface area contributed by atoms with Crippen LogP contribution in [0.1, 0.15) is 50.0 Å². The number of nitrogens with one attached hydrogen (secondary N) is 1. The molecular formula is C25H22N2O5S. The second kappa shape index (κ2) is 9.38. The Morgan fingerprint density at radius 2 is 1.61 bits per heavy atom. The van der Waals surface area contributed by atoms with Gasteiger partial charge in [-0.1, -0.05) is 42.0 Å². The fourth-order valence-electron chi connectivity index (χ4n) is 3.65. The molecule has 0 saturated heterocycles. The fourth-order valence-corrected chi connectivity index (χ4v) is 4.62. The largest absolute Gasteiger partial charge is 0.462 e. The molecule has 0 bridgehead atoms. The van der Waals surface area contributed by atoms with Crippen LogP contribution in [0.15, 0.2) is 53.9 Å². The number of carbonyl (C=O) groups excluding carboxylic acids is 4. The highest BCUT2D eigenvalue weighted by Gasteiger charge is 2.35. The molecule has 1 aromatic heterocycles. The number of nitrogens with zero attached hydrogens (tertiary/aromatic N) is 1. The third kappa shape index (κ3) is 4.42. The molecule has 0 atom stereocenters. The lowest BCUT2D eigenvalue weighted by molar-refractivity contribution is -0.116. The number of imide groups is 1. The van der Waals surface area contributed by atoms with Gasteiger partial charge < -0.3 is 10.1 Å². The highest BCUT2D eigenvalue weighted by Crippen LogP contribution is 2.36. The first-order chi connectivity index (χ1) is 15.9. The van der Waals surface area contributed by atoms with E-state index in [0.717, 1.165) is 16.0 Å². The van der Waals surface area contributed by atoms with Crippen LogP contribution in [-0.4, -0.2) is 41.7 Å². The monoisotopic (exact) mass is 462 g/mol. The summed E-state index contributed by atoms with van der Waals surface area (Å²) in [5.41, 5.74) is 3.58. The highest BCUT2D eigenvalue weighted by atomic mass is 32.1. The smallest absolute Gasteiger partial charge is 0.341 e. The van der Waals surface area contributed by atoms with Gasteiger partial charge in [-0.05, 0) is 31.5 Å². The number of rotatable bonds is 7. The summed E-state index contributed by atoms with van der Waals surface area (Å²) in [6.07, 6.45) is -0.0918. The summed E-state index contributed by atoms with van der Waals surface area (Å²) < 4.78 is 5.22. The minimum Gasteiger partial charge on any atom is -0.462 e. The zero-order valence-corrected chi connectivity index (χ0v) is 19.0. The standard InChI is InChI=1S/C25H22N2O5S/c1-3-32-25(31)21-19(16-10-8-15(2)9-11-16)14-33-22(21)26-20(28)12-13-27-23(29)17-6-4-5-7-18(17)24(27)30/h4-11,14H,3,12-13H2,1-2H3,(H,26,28). The van der Waals surface area contributed by atoms with E-state index in [9.17, 15) is 19.2 Å². The lowest BCUT2D eigenvalue weighted by Crippen LogP contribution is -2.32. The lowest BCUT2D eigenvalue weighted by atomic mass is 10.0. The molecule has 4 rings (SSSR count). The number of esters is 1. The number of hydrogen-bond donors (Lipinski definition) is 1. The molecule has 0 unspecified atom stereocenters. The average Bonchev–Trinajstić information content (AvgIpc) is 3.32. The molecule has 1 N–H and O–H groups in total. The molecule has 8 heteroatoms. The van der Waals surface area contributed by atoms with E-state index in [-0.39, 0.29) is 19.6 Å². The number of benzene rings is 2. The van der Waals surface area contributed by atoms with Crippen LogP contribution in [0, 0.1) is 6.92 Å². The van der Waals surface area contributed by atoms with Gasteiger partial charge in [0.1, 0.15) is 10.6 Å². The summed E-state index contributed by atoms with van der Waals surface area (Å²) in [7, 11) is 0. The molecule has 3 amide bonds. The van der Waals surface area contributed by atoms with Crippen LogP contribution in [0.2, 0.25) is 0 Å². The van der Waals surface area contributed by atoms with Crippen molar-refractivity contribution in [1.29, 1.82) is 0 Å². The quantitative estimate of drug-likeness (QED) is 0.412. The molecule has 168 valence electrons. The van der Waals surface area contributed by atoms with Gasteiger partial charge in [0.05, 0.1) is 17.7 Å². The van der Waals surface area contributed by atoms with Crippen LogP contribution in [0.5, 0.6) is 0 Å². The Bertz CT molecular complexity index is 1210. The fraction of sp³-hybridized carbons (Fsp3) is 0.200. The average molecular weight is 463 g/mol. The molecule has 3 aromatic rings. The summed E-state index contributed by atoms with van der Waals surface area (Å²) in [5.74, 6) is -1.75. The van der Waals surface area contributed by atoms with E-state index in [1.165, 1.54) is 11.3 Å². The minimum absolute atomic E-state index is 0.0525. The molecule has 33 heavy (non-hydrogen) atoms. The van der Waals surface area contributed by atoms with Crippen molar-refractivity contribution < 1.29 is 23.9 Å². The first-order valence-corrected chi connectivity index (χ1v) is 11.4. The molecule has 2 aromatic carbocycles. The van der Waals surface area contributed by atoms with Crippen molar-refractivity contribution in [3.63, 3.8) is 0 Å². The number of ether oxygens (including phenoxy) is 1. The van der Waals surface area contributed by atoms with Crippen molar-refractivity contribution in [2.24, 2.45) is 0 Å². The number of amides is 3. The number of anilines is 1. The van der Waals surface area contributed by atoms with Gasteiger partial charge >= 0.3 is 5.97 Å². The molecule has 0 saturated carbocycles. The van der Waals surface area contributed by atoms with Gasteiger partial charge in [0.2, 0.25) is 5.91 Å². The maximum atomic E-state index is 12.7. The van der Waals surface area contributed by atoms with E-state index < -0.39 is 23.7 Å². The first kappa shape index (κ1) is 22.4. The molecule has 0 fully saturated rings. The predicted octanol–water partition coefficient (Wildman–Crippen LogP) is 4.53. The molecule has 0 aliphatic carbocycles. The highest BCUT2D eigenvalue weighted by molar-refractivity contribution is 7.15. The van der Waals surface area contributed by atoms with E-state index >= 15 is 0 Å². The van der Waals surface area contributed by atoms with Gasteiger partial charge in [0.25, 0.3) is 11.8 Å². The van der Waals surface area contributed by atoms with E-state index in [0.29, 0.717) is 27.3 Å². The third-order valence-electron chi connectivity index (χ3n) is 5.33. The summed E-state index contributed by atoms with van der Waals surface area (Å²) >= 11 is 1.23. The van der Waals surface area contributed by atoms with Crippen molar-refractivity contribution in [2.45, 2.75) is 20.3 Å². The van der Waals surface area contributed by atoms with E-state index in [1.807, 2.05) is 31.2 Å². The maximum Gasteiger partial charge on any atom is 0.341 e. The van der Waals surface area contributed by atoms with Crippen molar-refractivity contribution in [3.8, 4) is 11.1 Å². The minimum atomic E-state index is -0.523. The van der Waals surface area contributed by atoms with Gasteiger partial charge in [-0.25, -0.2) is 4.79 Å². The van der Waals surface area contributed by atoms with Crippen LogP contribution >= 0.6 is 11.3 Å². The molecule has 1 aliphatic heterocycles. The maximum absolute atomic E-state index is 12.7. The molecule has 0 radical (unpaired) electrons. The topological polar surface area (TPSA) is 92.8 Å². The number of hydrogen-bond acceptors (Lipinski definition) is 6. The van der Waals surface area contributed by atoms with Crippen LogP contribution in [0.3, 0.4) is 0 Å². The molecule has 1 aliphatic rings. The Morgan fingerprint density at radius 3 is 2.21 bits per heavy atom. The van der Waals surface area contributed by atoms with E-state index in [1.54, 1.807) is 36.6 Å². The van der Waals surface area contributed by atoms with Gasteiger partial charge in [-0.15, -0.1) is 11.3 Å². The van der Waals surface area contributed by atoms with E-state index in [2.05, 4.69) is 5.32 Å². The Labute approximate surface area is 195 Å². The zero-order chi connectivity index (χ0) is 23.5. The predicted molar refractivity (Wildman–Crippen MR) is 126 cm³/mol. The zero-order valence-electron chi connectivity index (χ0n) is 18.2. The second-order valence-corrected chi connectivity index (χ2v) is 8.43. The summed E-state index contributed by atoms with van der Waals surface area (Å²) in [4.78, 5) is 51.4. The lowest BCUT2D eigenvalue weighted by Gasteiger charge is -2.13. The van der Waals surface area contributed by atoms with Gasteiger partial charge in [-0.2, -0.15) is 0 Å². The number of fused-ring (bicyclic) bond motifs is 1. The Hall–Kier alpha value is -3.78. The van der Waals surface area contributed by atoms with Crippen LogP contribution in [0.25, 0.3) is 11.1 Å². The summed E-state index contributed by atoms with van der Waals surface area (Å²) in [6, 6.07) is 14.3. The Balaban J connectivity index is 1.50. The summed E-state index contributed by atoms with van der Waals surface area (Å²) in [6.45, 7) is 3.85. The second-order valence-electron chi connectivity index (χ2n) is 7.55. The molecule has 0 spiro atoms. The van der Waals surface area contributed by atoms with Crippen LogP contribution in [-0.2, 0) is 9.53 Å². The van der Waals surface area contributed by atoms with Crippen molar-refractivity contribution in [3.05, 3.63) is 76.2 Å². The third-order valence-corrected chi connectivity index (χ3v) is 6.22. The van der Waals surface area contributed by atoms with Crippen molar-refractivity contribution >= 4 is 40.0 Å². The van der Waals surface area contributed by atoms with E-state index in [4.69, 9.17) is 4.74 Å². The Kier molecular flexibility index (Phi) is 6.37. The number of thiophene rings is 1. The van der Waals surface area contributed by atoms with Crippen molar-refractivity contribution in [1.82, 2.24) is 4.90 Å². The van der Waals surface area contributed by atoms with Gasteiger partial charge in [0, 0.05) is 23.9 Å². The molecular weight excluding hydrogens is 440 g/mol. The normalized spacial score (nSPS) is 12.6. The van der Waals surface area contributed by atoms with Gasteiger partial charge in [0.15, 0.2) is 0 Å². The number of carbonyl (C=O) groups is 4. The summed E-state index contributed by atoms with van der Waals surface area (Å²) in [5, 5.41) is 4.93. The first-order valence-electron chi connectivity index (χ1n) is 10.5. The number of aryl methyl sites for hydroxylation is 1. The molecule has 2 heterocycles. The SMILES string of the molecule is CCOC(=O)c1c(-c2ccc(C)cc2)csc1NC(=O)CCN1C(=O)c2ccccc2C1=O. The Morgan fingerprint density at radius 1 is 0.970 bits per heavy atom. The van der Waals surface area contributed by atoms with Crippen LogP contribution < -0.4 is 5.32 Å². The van der Waals surface area contributed by atoms with Crippen LogP contribution in [0.4, 0.5) is 5.00 Å². The van der Waals surface area contributed by atoms with Crippen molar-refractivity contribution in [2.75, 3.05) is 18.5 Å².